The molecule has 3 aromatic carbocycles. The van der Waals surface area contributed by atoms with Crippen molar-refractivity contribution < 1.29 is 4.42 Å². The minimum Gasteiger partial charge on any atom is -0.456 e. The van der Waals surface area contributed by atoms with Gasteiger partial charge in [0.2, 0.25) is 0 Å². The van der Waals surface area contributed by atoms with E-state index >= 15 is 0 Å². The van der Waals surface area contributed by atoms with E-state index in [1.165, 1.54) is 0 Å². The first-order chi connectivity index (χ1) is 9.43. The first-order valence-electron chi connectivity index (χ1n) is 6.22. The molecule has 2 radical (unpaired) electrons. The number of furan rings is 1. The summed E-state index contributed by atoms with van der Waals surface area (Å²) in [5.41, 5.74) is 4.01. The number of benzene rings is 3. The molecule has 0 unspecified atom stereocenters. The van der Waals surface area contributed by atoms with Crippen LogP contribution in [0.2, 0.25) is 0 Å². The quantitative estimate of drug-likeness (QED) is 0.465. The predicted octanol–water partition coefficient (Wildman–Crippen LogP) is 4.85. The fourth-order valence-corrected chi connectivity index (χ4v) is 2.51. The van der Waals surface area contributed by atoms with E-state index in [4.69, 9.17) is 4.42 Å². The molecule has 0 aliphatic rings. The molecule has 4 rings (SSSR count). The lowest BCUT2D eigenvalue weighted by molar-refractivity contribution is 0.669. The molecule has 0 saturated carbocycles. The highest BCUT2D eigenvalue weighted by atomic mass is 16.3. The van der Waals surface area contributed by atoms with E-state index in [2.05, 4.69) is 24.3 Å². The van der Waals surface area contributed by atoms with Gasteiger partial charge in [0.05, 0.1) is 0 Å². The average Bonchev–Trinajstić information content (AvgIpc) is 2.86. The number of rotatable bonds is 1. The fourth-order valence-electron chi connectivity index (χ4n) is 2.51. The molecule has 0 amide bonds. The summed E-state index contributed by atoms with van der Waals surface area (Å²) in [6.45, 7) is 0. The van der Waals surface area contributed by atoms with Crippen LogP contribution in [0, 0.1) is 12.1 Å². The van der Waals surface area contributed by atoms with Crippen LogP contribution in [0.25, 0.3) is 33.1 Å². The summed E-state index contributed by atoms with van der Waals surface area (Å²) in [6.07, 6.45) is 0. The highest BCUT2D eigenvalue weighted by molar-refractivity contribution is 6.12. The minimum atomic E-state index is 0.913. The second-order valence-corrected chi connectivity index (χ2v) is 4.48. The molecule has 0 N–H and O–H groups in total. The second kappa shape index (κ2) is 3.99. The monoisotopic (exact) mass is 242 g/mol. The van der Waals surface area contributed by atoms with Gasteiger partial charge in [-0.15, -0.1) is 0 Å². The third-order valence-electron chi connectivity index (χ3n) is 3.34. The standard InChI is InChI=1S/C18H10O/c1-2-7-13(8-3-1)14-10-6-12-17-18(14)15-9-4-5-11-16(15)19-17/h1-2,4-6,8-12H. The maximum absolute atomic E-state index is 5.89. The second-order valence-electron chi connectivity index (χ2n) is 4.48. The van der Waals surface area contributed by atoms with Gasteiger partial charge in [-0.3, -0.25) is 0 Å². The summed E-state index contributed by atoms with van der Waals surface area (Å²) < 4.78 is 5.89. The summed E-state index contributed by atoms with van der Waals surface area (Å²) in [5, 5.41) is 2.29. The molecule has 88 valence electrons. The first-order valence-corrected chi connectivity index (χ1v) is 6.22. The van der Waals surface area contributed by atoms with Gasteiger partial charge < -0.3 is 4.42 Å². The Kier molecular flexibility index (Phi) is 2.18. The molecule has 0 bridgehead atoms. The molecule has 0 aliphatic carbocycles. The summed E-state index contributed by atoms with van der Waals surface area (Å²) >= 11 is 0. The van der Waals surface area contributed by atoms with Crippen molar-refractivity contribution in [2.24, 2.45) is 0 Å². The molecule has 0 fully saturated rings. The van der Waals surface area contributed by atoms with Crippen LogP contribution < -0.4 is 0 Å². The first kappa shape index (κ1) is 10.4. The highest BCUT2D eigenvalue weighted by Gasteiger charge is 2.11. The Morgan fingerprint density at radius 1 is 0.842 bits per heavy atom. The molecule has 0 aliphatic heterocycles. The van der Waals surface area contributed by atoms with Crippen molar-refractivity contribution in [3.05, 3.63) is 72.8 Å². The fraction of sp³-hybridized carbons (Fsp3) is 0. The van der Waals surface area contributed by atoms with E-state index in [0.717, 1.165) is 33.1 Å². The molecule has 0 spiro atoms. The molecule has 0 saturated heterocycles. The molecular weight excluding hydrogens is 232 g/mol. The van der Waals surface area contributed by atoms with Crippen molar-refractivity contribution in [1.29, 1.82) is 0 Å². The van der Waals surface area contributed by atoms with E-state index in [1.54, 1.807) is 0 Å². The Hall–Kier alpha value is -2.54. The summed E-state index contributed by atoms with van der Waals surface area (Å²) in [5.74, 6) is 0. The highest BCUT2D eigenvalue weighted by Crippen LogP contribution is 2.35. The lowest BCUT2D eigenvalue weighted by atomic mass is 10.00. The molecule has 1 nitrogen and oxygen atoms in total. The van der Waals surface area contributed by atoms with Crippen LogP contribution in [-0.4, -0.2) is 0 Å². The molecule has 0 atom stereocenters. The molecule has 4 aromatic rings. The molecule has 1 heteroatoms. The van der Waals surface area contributed by atoms with Crippen LogP contribution in [-0.2, 0) is 0 Å². The van der Waals surface area contributed by atoms with Crippen LogP contribution in [0.5, 0.6) is 0 Å². The Morgan fingerprint density at radius 2 is 1.74 bits per heavy atom. The van der Waals surface area contributed by atoms with Gasteiger partial charge in [-0.2, -0.15) is 0 Å². The maximum Gasteiger partial charge on any atom is 0.136 e. The number of fused-ring (bicyclic) bond motifs is 3. The third-order valence-corrected chi connectivity index (χ3v) is 3.34. The smallest absolute Gasteiger partial charge is 0.136 e. The van der Waals surface area contributed by atoms with Crippen molar-refractivity contribution in [2.75, 3.05) is 0 Å². The van der Waals surface area contributed by atoms with Crippen molar-refractivity contribution in [1.82, 2.24) is 0 Å². The molecule has 19 heavy (non-hydrogen) atoms. The van der Waals surface area contributed by atoms with E-state index in [9.17, 15) is 0 Å². The van der Waals surface area contributed by atoms with E-state index in [1.807, 2.05) is 48.5 Å². The van der Waals surface area contributed by atoms with Crippen molar-refractivity contribution >= 4 is 21.9 Å². The van der Waals surface area contributed by atoms with Gasteiger partial charge in [0.1, 0.15) is 11.2 Å². The van der Waals surface area contributed by atoms with Gasteiger partial charge in [0.25, 0.3) is 0 Å². The van der Waals surface area contributed by atoms with Crippen LogP contribution in [0.1, 0.15) is 0 Å². The SMILES string of the molecule is [c]1cc[c]c(-c2cccc3oc4ccccc4c23)c1. The lowest BCUT2D eigenvalue weighted by Crippen LogP contribution is -1.78. The largest absolute Gasteiger partial charge is 0.456 e. The summed E-state index contributed by atoms with van der Waals surface area (Å²) in [4.78, 5) is 0. The third kappa shape index (κ3) is 1.55. The topological polar surface area (TPSA) is 13.1 Å². The van der Waals surface area contributed by atoms with E-state index in [0.29, 0.717) is 0 Å². The zero-order chi connectivity index (χ0) is 12.7. The van der Waals surface area contributed by atoms with Gasteiger partial charge in [0.15, 0.2) is 0 Å². The molecule has 1 aromatic heterocycles. The average molecular weight is 242 g/mol. The predicted molar refractivity (Wildman–Crippen MR) is 76.8 cm³/mol. The lowest BCUT2D eigenvalue weighted by Gasteiger charge is -2.02. The van der Waals surface area contributed by atoms with Crippen LogP contribution >= 0.6 is 0 Å². The van der Waals surface area contributed by atoms with Gasteiger partial charge in [-0.1, -0.05) is 42.5 Å². The Balaban J connectivity index is 2.17. The van der Waals surface area contributed by atoms with Crippen molar-refractivity contribution in [3.63, 3.8) is 0 Å². The molecule has 1 heterocycles. The number of para-hydroxylation sites is 1. The maximum atomic E-state index is 5.89. The Labute approximate surface area is 111 Å². The van der Waals surface area contributed by atoms with E-state index in [-0.39, 0.29) is 0 Å². The van der Waals surface area contributed by atoms with Gasteiger partial charge >= 0.3 is 0 Å². The summed E-state index contributed by atoms with van der Waals surface area (Å²) in [6, 6.07) is 26.3. The minimum absolute atomic E-state index is 0.913. The van der Waals surface area contributed by atoms with Crippen molar-refractivity contribution in [3.8, 4) is 11.1 Å². The van der Waals surface area contributed by atoms with E-state index < -0.39 is 0 Å². The van der Waals surface area contributed by atoms with Gasteiger partial charge in [-0.05, 0) is 41.5 Å². The zero-order valence-electron chi connectivity index (χ0n) is 10.2. The van der Waals surface area contributed by atoms with Crippen molar-refractivity contribution in [2.45, 2.75) is 0 Å². The van der Waals surface area contributed by atoms with Gasteiger partial charge in [0, 0.05) is 10.8 Å². The Bertz CT molecular complexity index is 857. The summed E-state index contributed by atoms with van der Waals surface area (Å²) in [7, 11) is 0. The van der Waals surface area contributed by atoms with Crippen LogP contribution in [0.15, 0.2) is 65.1 Å². The molecular formula is C18H10O. The number of hydrogen-bond acceptors (Lipinski definition) is 1. The Morgan fingerprint density at radius 3 is 2.63 bits per heavy atom. The van der Waals surface area contributed by atoms with Crippen LogP contribution in [0.4, 0.5) is 0 Å². The van der Waals surface area contributed by atoms with Gasteiger partial charge in [-0.25, -0.2) is 0 Å². The number of hydrogen-bond donors (Lipinski definition) is 0. The zero-order valence-corrected chi connectivity index (χ0v) is 10.2. The normalized spacial score (nSPS) is 11.2. The van der Waals surface area contributed by atoms with Crippen LogP contribution in [0.3, 0.4) is 0 Å².